The Morgan fingerprint density at radius 3 is 2.58 bits per heavy atom. The first-order chi connectivity index (χ1) is 14.6. The summed E-state index contributed by atoms with van der Waals surface area (Å²) in [5.41, 5.74) is 1.28. The Kier molecular flexibility index (Phi) is 5.52. The minimum Gasteiger partial charge on any atom is -0.377 e. The summed E-state index contributed by atoms with van der Waals surface area (Å²) in [6.07, 6.45) is 2.31. The molecule has 31 heavy (non-hydrogen) atoms. The lowest BCUT2D eigenvalue weighted by atomic mass is 10.0. The highest BCUT2D eigenvalue weighted by atomic mass is 32.2. The normalized spacial score (nSPS) is 17.5. The van der Waals surface area contributed by atoms with Gasteiger partial charge in [0.1, 0.15) is 5.69 Å². The number of amides is 1. The van der Waals surface area contributed by atoms with Crippen LogP contribution in [0.3, 0.4) is 0 Å². The largest absolute Gasteiger partial charge is 0.377 e. The quantitative estimate of drug-likeness (QED) is 0.625. The third kappa shape index (κ3) is 4.30. The fourth-order valence-corrected chi connectivity index (χ4v) is 5.38. The molecule has 168 valence electrons. The van der Waals surface area contributed by atoms with Crippen LogP contribution in [0.15, 0.2) is 18.2 Å². The molecule has 11 heteroatoms. The van der Waals surface area contributed by atoms with Crippen molar-refractivity contribution < 1.29 is 26.7 Å². The Balaban J connectivity index is 1.65. The Bertz CT molecular complexity index is 1140. The summed E-state index contributed by atoms with van der Waals surface area (Å²) in [6, 6.07) is 3.10. The Hall–Kier alpha value is -2.50. The Labute approximate surface area is 179 Å². The second kappa shape index (κ2) is 7.88. The first kappa shape index (κ1) is 21.7. The van der Waals surface area contributed by atoms with E-state index < -0.39 is 33.3 Å². The second-order valence-corrected chi connectivity index (χ2v) is 9.66. The number of rotatable bonds is 6. The van der Waals surface area contributed by atoms with Crippen molar-refractivity contribution in [2.45, 2.75) is 45.2 Å². The van der Waals surface area contributed by atoms with Crippen molar-refractivity contribution in [2.24, 2.45) is 0 Å². The zero-order chi connectivity index (χ0) is 22.4. The Morgan fingerprint density at radius 2 is 1.94 bits per heavy atom. The highest BCUT2D eigenvalue weighted by Gasteiger charge is 2.38. The summed E-state index contributed by atoms with van der Waals surface area (Å²) in [4.78, 5) is 13.0. The molecule has 1 aromatic heterocycles. The average molecular weight is 454 g/mol. The third-order valence-corrected chi connectivity index (χ3v) is 6.75. The number of ether oxygens (including phenoxy) is 1. The molecule has 1 saturated heterocycles. The molecule has 1 aromatic carbocycles. The third-order valence-electron chi connectivity index (χ3n) is 5.51. The van der Waals surface area contributed by atoms with Crippen LogP contribution in [0.2, 0.25) is 0 Å². The molecular formula is C20H24F2N4O4S. The van der Waals surface area contributed by atoms with Gasteiger partial charge in [-0.3, -0.25) is 9.52 Å². The number of anilines is 2. The van der Waals surface area contributed by atoms with Gasteiger partial charge in [0.15, 0.2) is 11.6 Å². The number of hydrogen-bond acceptors (Lipinski definition) is 4. The zero-order valence-corrected chi connectivity index (χ0v) is 18.0. The molecule has 0 bridgehead atoms. The summed E-state index contributed by atoms with van der Waals surface area (Å²) < 4.78 is 64.2. The van der Waals surface area contributed by atoms with Crippen molar-refractivity contribution in [3.63, 3.8) is 0 Å². The van der Waals surface area contributed by atoms with Crippen LogP contribution in [0, 0.1) is 18.6 Å². The predicted octanol–water partition coefficient (Wildman–Crippen LogP) is 2.70. The van der Waals surface area contributed by atoms with Gasteiger partial charge in [0.25, 0.3) is 16.1 Å². The van der Waals surface area contributed by atoms with E-state index in [1.54, 1.807) is 18.4 Å². The van der Waals surface area contributed by atoms with Gasteiger partial charge >= 0.3 is 0 Å². The van der Waals surface area contributed by atoms with Crippen LogP contribution in [0.5, 0.6) is 0 Å². The smallest absolute Gasteiger partial charge is 0.299 e. The second-order valence-electron chi connectivity index (χ2n) is 8.25. The average Bonchev–Trinajstić information content (AvgIpc) is 2.94. The van der Waals surface area contributed by atoms with E-state index in [0.29, 0.717) is 24.2 Å². The summed E-state index contributed by atoms with van der Waals surface area (Å²) in [5.74, 6) is -2.60. The van der Waals surface area contributed by atoms with Crippen molar-refractivity contribution >= 4 is 27.5 Å². The topological polar surface area (TPSA) is 101 Å². The van der Waals surface area contributed by atoms with Crippen molar-refractivity contribution in [1.82, 2.24) is 9.29 Å². The molecule has 2 aliphatic heterocycles. The molecule has 4 rings (SSSR count). The molecule has 8 nitrogen and oxygen atoms in total. The monoisotopic (exact) mass is 454 g/mol. The number of halogens is 2. The number of benzene rings is 1. The predicted molar refractivity (Wildman–Crippen MR) is 111 cm³/mol. The highest BCUT2D eigenvalue weighted by molar-refractivity contribution is 7.90. The molecule has 1 fully saturated rings. The number of hydrogen-bond donors (Lipinski definition) is 3. The standard InChI is InChI=1S/C20H24F2N4O4S/c1-12-17(24-31(28,29)25-20(2)10-30-11-20)16-5-3-4-8-26(16)18(12)19(27)23-13-6-7-14(21)15(22)9-13/h6-7,9,24-25H,3-5,8,10-11H2,1-2H3,(H,23,27). The van der Waals surface area contributed by atoms with Crippen LogP contribution in [0.1, 0.15) is 41.5 Å². The minimum absolute atomic E-state index is 0.108. The van der Waals surface area contributed by atoms with E-state index in [1.165, 1.54) is 6.07 Å². The zero-order valence-electron chi connectivity index (χ0n) is 17.2. The SMILES string of the molecule is Cc1c(NS(=O)(=O)NC2(C)COC2)c2n(c1C(=O)Nc1ccc(F)c(F)c1)CCCC2. The summed E-state index contributed by atoms with van der Waals surface area (Å²) in [6.45, 7) is 4.53. The van der Waals surface area contributed by atoms with Crippen molar-refractivity contribution in [2.75, 3.05) is 23.3 Å². The van der Waals surface area contributed by atoms with E-state index in [4.69, 9.17) is 4.74 Å². The van der Waals surface area contributed by atoms with Crippen molar-refractivity contribution in [3.05, 3.63) is 46.8 Å². The van der Waals surface area contributed by atoms with Gasteiger partial charge in [0.05, 0.1) is 24.4 Å². The molecular weight excluding hydrogens is 430 g/mol. The van der Waals surface area contributed by atoms with E-state index in [0.717, 1.165) is 30.7 Å². The first-order valence-corrected chi connectivity index (χ1v) is 11.4. The van der Waals surface area contributed by atoms with Crippen molar-refractivity contribution in [1.29, 1.82) is 0 Å². The molecule has 1 amide bonds. The van der Waals surface area contributed by atoms with Gasteiger partial charge in [0.2, 0.25) is 0 Å². The number of aromatic nitrogens is 1. The fourth-order valence-electron chi connectivity index (χ4n) is 4.02. The van der Waals surface area contributed by atoms with E-state index in [-0.39, 0.29) is 24.6 Å². The van der Waals surface area contributed by atoms with Crippen molar-refractivity contribution in [3.8, 4) is 0 Å². The van der Waals surface area contributed by atoms with Crippen LogP contribution in [-0.2, 0) is 27.9 Å². The van der Waals surface area contributed by atoms with Gasteiger partial charge in [-0.25, -0.2) is 8.78 Å². The van der Waals surface area contributed by atoms with Crippen LogP contribution < -0.4 is 14.8 Å². The number of carbonyl (C=O) groups is 1. The highest BCUT2D eigenvalue weighted by Crippen LogP contribution is 2.34. The Morgan fingerprint density at radius 1 is 1.19 bits per heavy atom. The maximum Gasteiger partial charge on any atom is 0.299 e. The van der Waals surface area contributed by atoms with E-state index >= 15 is 0 Å². The molecule has 3 heterocycles. The van der Waals surface area contributed by atoms with Gasteiger partial charge < -0.3 is 14.6 Å². The summed E-state index contributed by atoms with van der Waals surface area (Å²) in [5, 5.41) is 2.57. The van der Waals surface area contributed by atoms with Gasteiger partial charge in [-0.05, 0) is 45.2 Å². The first-order valence-electron chi connectivity index (χ1n) is 9.96. The van der Waals surface area contributed by atoms with Crippen LogP contribution in [0.4, 0.5) is 20.2 Å². The molecule has 3 N–H and O–H groups in total. The molecule has 0 radical (unpaired) electrons. The molecule has 2 aliphatic rings. The lowest BCUT2D eigenvalue weighted by Gasteiger charge is -2.38. The number of carbonyl (C=O) groups excluding carboxylic acids is 1. The van der Waals surface area contributed by atoms with E-state index in [1.807, 2.05) is 0 Å². The van der Waals surface area contributed by atoms with Gasteiger partial charge in [-0.15, -0.1) is 0 Å². The van der Waals surface area contributed by atoms with E-state index in [9.17, 15) is 22.0 Å². The minimum atomic E-state index is -3.91. The van der Waals surface area contributed by atoms with Gasteiger partial charge in [0, 0.05) is 29.6 Å². The van der Waals surface area contributed by atoms with Crippen LogP contribution in [-0.4, -0.2) is 37.6 Å². The number of nitrogens with zero attached hydrogens (tertiary/aromatic N) is 1. The summed E-state index contributed by atoms with van der Waals surface area (Å²) in [7, 11) is -3.91. The maximum absolute atomic E-state index is 13.5. The number of nitrogens with one attached hydrogen (secondary N) is 3. The lowest BCUT2D eigenvalue weighted by Crippen LogP contribution is -2.60. The van der Waals surface area contributed by atoms with Gasteiger partial charge in [-0.1, -0.05) is 0 Å². The molecule has 0 spiro atoms. The van der Waals surface area contributed by atoms with Crippen LogP contribution in [0.25, 0.3) is 0 Å². The maximum atomic E-state index is 13.5. The molecule has 0 aliphatic carbocycles. The molecule has 0 unspecified atom stereocenters. The molecule has 0 atom stereocenters. The number of fused-ring (bicyclic) bond motifs is 1. The molecule has 0 saturated carbocycles. The van der Waals surface area contributed by atoms with Crippen LogP contribution >= 0.6 is 0 Å². The lowest BCUT2D eigenvalue weighted by molar-refractivity contribution is -0.0522. The van der Waals surface area contributed by atoms with Gasteiger partial charge in [-0.2, -0.15) is 13.1 Å². The molecule has 2 aromatic rings. The van der Waals surface area contributed by atoms with E-state index in [2.05, 4.69) is 14.8 Å². The fraction of sp³-hybridized carbons (Fsp3) is 0.450. The summed E-state index contributed by atoms with van der Waals surface area (Å²) >= 11 is 0.